The fourth-order valence-corrected chi connectivity index (χ4v) is 3.41. The predicted molar refractivity (Wildman–Crippen MR) is 82.8 cm³/mol. The molecule has 0 aromatic carbocycles. The highest BCUT2D eigenvalue weighted by Crippen LogP contribution is 2.24. The van der Waals surface area contributed by atoms with E-state index >= 15 is 0 Å². The number of rotatable bonds is 7. The average Bonchev–Trinajstić information content (AvgIpc) is 2.41. The second kappa shape index (κ2) is 7.99. The molecule has 0 saturated carbocycles. The number of nitrogens with one attached hydrogen (secondary N) is 1. The van der Waals surface area contributed by atoms with Crippen LogP contribution in [0.1, 0.15) is 59.8 Å². The van der Waals surface area contributed by atoms with Crippen molar-refractivity contribution in [1.82, 2.24) is 10.2 Å². The standard InChI is InChI=1S/C16H32N2O2/c1-6-17-16(4,15(19)20-5)11-8-12-18-13(2)9-7-10-14(18)3/h13-14,17H,6-12H2,1-5H3. The maximum absolute atomic E-state index is 11.9. The van der Waals surface area contributed by atoms with E-state index in [0.717, 1.165) is 25.9 Å². The predicted octanol–water partition coefficient (Wildman–Crippen LogP) is 2.57. The molecule has 1 saturated heterocycles. The van der Waals surface area contributed by atoms with E-state index in [1.807, 2.05) is 13.8 Å². The second-order valence-corrected chi connectivity index (χ2v) is 6.32. The largest absolute Gasteiger partial charge is 0.468 e. The zero-order chi connectivity index (χ0) is 15.2. The van der Waals surface area contributed by atoms with Crippen molar-refractivity contribution in [1.29, 1.82) is 0 Å². The number of likely N-dealkylation sites (tertiary alicyclic amines) is 1. The molecule has 20 heavy (non-hydrogen) atoms. The molecule has 4 nitrogen and oxygen atoms in total. The van der Waals surface area contributed by atoms with Crippen molar-refractivity contribution in [3.8, 4) is 0 Å². The number of hydrogen-bond donors (Lipinski definition) is 1. The number of nitrogens with zero attached hydrogens (tertiary/aromatic N) is 1. The molecule has 0 aromatic rings. The van der Waals surface area contributed by atoms with Crippen LogP contribution in [0, 0.1) is 0 Å². The maximum Gasteiger partial charge on any atom is 0.325 e. The van der Waals surface area contributed by atoms with Crippen molar-refractivity contribution in [2.24, 2.45) is 0 Å². The highest BCUT2D eigenvalue weighted by molar-refractivity contribution is 5.80. The molecule has 1 rings (SSSR count). The van der Waals surface area contributed by atoms with Gasteiger partial charge in [-0.1, -0.05) is 13.3 Å². The fraction of sp³-hybridized carbons (Fsp3) is 0.938. The molecule has 0 bridgehead atoms. The van der Waals surface area contributed by atoms with E-state index < -0.39 is 5.54 Å². The smallest absolute Gasteiger partial charge is 0.325 e. The average molecular weight is 284 g/mol. The Balaban J connectivity index is 2.49. The van der Waals surface area contributed by atoms with E-state index in [-0.39, 0.29) is 5.97 Å². The fourth-order valence-electron chi connectivity index (χ4n) is 3.41. The van der Waals surface area contributed by atoms with Gasteiger partial charge in [-0.2, -0.15) is 0 Å². The molecule has 1 aliphatic rings. The highest BCUT2D eigenvalue weighted by atomic mass is 16.5. The lowest BCUT2D eigenvalue weighted by Gasteiger charge is -2.39. The normalized spacial score (nSPS) is 27.1. The number of carbonyl (C=O) groups excluding carboxylic acids is 1. The molecule has 3 unspecified atom stereocenters. The van der Waals surface area contributed by atoms with Gasteiger partial charge in [-0.25, -0.2) is 0 Å². The molecule has 3 atom stereocenters. The topological polar surface area (TPSA) is 41.6 Å². The Morgan fingerprint density at radius 3 is 2.45 bits per heavy atom. The third-order valence-corrected chi connectivity index (χ3v) is 4.67. The lowest BCUT2D eigenvalue weighted by Crippen LogP contribution is -2.51. The Morgan fingerprint density at radius 2 is 1.95 bits per heavy atom. The van der Waals surface area contributed by atoms with Crippen molar-refractivity contribution in [2.45, 2.75) is 77.4 Å². The Labute approximate surface area is 124 Å². The van der Waals surface area contributed by atoms with Gasteiger partial charge in [0.2, 0.25) is 0 Å². The molecule has 1 fully saturated rings. The summed E-state index contributed by atoms with van der Waals surface area (Å²) in [7, 11) is 1.46. The van der Waals surface area contributed by atoms with E-state index in [0.29, 0.717) is 12.1 Å². The van der Waals surface area contributed by atoms with Crippen LogP contribution < -0.4 is 5.32 Å². The quantitative estimate of drug-likeness (QED) is 0.730. The number of likely N-dealkylation sites (N-methyl/N-ethyl adjacent to an activating group) is 1. The van der Waals surface area contributed by atoms with E-state index in [9.17, 15) is 4.79 Å². The number of ether oxygens (including phenoxy) is 1. The minimum atomic E-state index is -0.550. The summed E-state index contributed by atoms with van der Waals surface area (Å²) in [4.78, 5) is 14.5. The molecule has 1 aliphatic heterocycles. The highest BCUT2D eigenvalue weighted by Gasteiger charge is 2.33. The summed E-state index contributed by atoms with van der Waals surface area (Å²) in [6, 6.07) is 1.34. The van der Waals surface area contributed by atoms with Crippen LogP contribution in [0.2, 0.25) is 0 Å². The molecular weight excluding hydrogens is 252 g/mol. The summed E-state index contributed by atoms with van der Waals surface area (Å²) < 4.78 is 4.94. The minimum absolute atomic E-state index is 0.154. The monoisotopic (exact) mass is 284 g/mol. The summed E-state index contributed by atoms with van der Waals surface area (Å²) in [5.74, 6) is -0.154. The summed E-state index contributed by atoms with van der Waals surface area (Å²) >= 11 is 0. The van der Waals surface area contributed by atoms with E-state index in [1.54, 1.807) is 0 Å². The van der Waals surface area contributed by atoms with Crippen molar-refractivity contribution in [3.05, 3.63) is 0 Å². The van der Waals surface area contributed by atoms with Crippen LogP contribution in [0.4, 0.5) is 0 Å². The van der Waals surface area contributed by atoms with Gasteiger partial charge in [0.25, 0.3) is 0 Å². The molecular formula is C16H32N2O2. The van der Waals surface area contributed by atoms with Gasteiger partial charge in [-0.15, -0.1) is 0 Å². The van der Waals surface area contributed by atoms with Crippen LogP contribution in [0.25, 0.3) is 0 Å². The summed E-state index contributed by atoms with van der Waals surface area (Å²) in [6.07, 6.45) is 5.78. The first kappa shape index (κ1) is 17.4. The van der Waals surface area contributed by atoms with Gasteiger partial charge in [0.05, 0.1) is 7.11 Å². The number of methoxy groups -OCH3 is 1. The number of esters is 1. The Hall–Kier alpha value is -0.610. The first-order chi connectivity index (χ1) is 9.44. The van der Waals surface area contributed by atoms with E-state index in [2.05, 4.69) is 24.1 Å². The second-order valence-electron chi connectivity index (χ2n) is 6.32. The summed E-state index contributed by atoms with van der Waals surface area (Å²) in [5.41, 5.74) is -0.550. The molecule has 0 aromatic heterocycles. The molecule has 1 N–H and O–H groups in total. The molecule has 0 spiro atoms. The number of carbonyl (C=O) groups is 1. The van der Waals surface area contributed by atoms with Gasteiger partial charge in [0.15, 0.2) is 0 Å². The van der Waals surface area contributed by atoms with Crippen molar-refractivity contribution in [3.63, 3.8) is 0 Å². The number of hydrogen-bond acceptors (Lipinski definition) is 4. The molecule has 0 radical (unpaired) electrons. The van der Waals surface area contributed by atoms with Gasteiger partial charge in [-0.05, 0) is 59.5 Å². The van der Waals surface area contributed by atoms with E-state index in [4.69, 9.17) is 4.74 Å². The lowest BCUT2D eigenvalue weighted by molar-refractivity contribution is -0.148. The Bertz CT molecular complexity index is 299. The zero-order valence-electron chi connectivity index (χ0n) is 13.9. The number of piperidine rings is 1. The van der Waals surface area contributed by atoms with Crippen LogP contribution in [0.3, 0.4) is 0 Å². The first-order valence-electron chi connectivity index (χ1n) is 8.03. The Morgan fingerprint density at radius 1 is 1.35 bits per heavy atom. The Kier molecular flexibility index (Phi) is 6.96. The zero-order valence-corrected chi connectivity index (χ0v) is 13.9. The first-order valence-corrected chi connectivity index (χ1v) is 8.03. The van der Waals surface area contributed by atoms with Gasteiger partial charge >= 0.3 is 5.97 Å². The van der Waals surface area contributed by atoms with E-state index in [1.165, 1.54) is 26.4 Å². The lowest BCUT2D eigenvalue weighted by atomic mass is 9.93. The molecule has 0 amide bonds. The van der Waals surface area contributed by atoms with Crippen LogP contribution in [-0.2, 0) is 9.53 Å². The van der Waals surface area contributed by atoms with Crippen LogP contribution in [0.15, 0.2) is 0 Å². The third kappa shape index (κ3) is 4.45. The molecule has 0 aliphatic carbocycles. The van der Waals surface area contributed by atoms with Crippen LogP contribution in [-0.4, -0.2) is 48.7 Å². The summed E-state index contributed by atoms with van der Waals surface area (Å²) in [5, 5.41) is 3.28. The molecule has 1 heterocycles. The maximum atomic E-state index is 11.9. The van der Waals surface area contributed by atoms with Gasteiger partial charge in [-0.3, -0.25) is 9.69 Å². The van der Waals surface area contributed by atoms with Crippen molar-refractivity contribution < 1.29 is 9.53 Å². The van der Waals surface area contributed by atoms with Crippen LogP contribution >= 0.6 is 0 Å². The SMILES string of the molecule is CCNC(C)(CCCN1C(C)CCCC1C)C(=O)OC. The minimum Gasteiger partial charge on any atom is -0.468 e. The van der Waals surface area contributed by atoms with Gasteiger partial charge < -0.3 is 10.1 Å². The van der Waals surface area contributed by atoms with Gasteiger partial charge in [0.1, 0.15) is 5.54 Å². The molecule has 4 heteroatoms. The molecule has 118 valence electrons. The van der Waals surface area contributed by atoms with Crippen LogP contribution in [0.5, 0.6) is 0 Å². The van der Waals surface area contributed by atoms with Crippen molar-refractivity contribution in [2.75, 3.05) is 20.2 Å². The summed E-state index contributed by atoms with van der Waals surface area (Å²) in [6.45, 7) is 10.5. The van der Waals surface area contributed by atoms with Crippen molar-refractivity contribution >= 4 is 5.97 Å². The third-order valence-electron chi connectivity index (χ3n) is 4.67. The van der Waals surface area contributed by atoms with Gasteiger partial charge in [0, 0.05) is 12.1 Å².